The van der Waals surface area contributed by atoms with Crippen molar-refractivity contribution in [3.05, 3.63) is 35.9 Å². The standard InChI is InChI=1S/C31H50N4O6/c1-20(2)16-24(34-30(40)41-31(3,4)5)28(38)33-25(18-22-14-10-7-11-15-22)29(39)35-27(37)19-26(36)23(32)17-21-12-8-6-9-13-21/h7,10-11,14-15,20-21,23-26,36H,6,8-9,12-13,16-19,32H2,1-5H3,(H,33,38)(H,34,40)(H,35,37,39)/t23-,24?,25?,26-/m0/s1. The van der Waals surface area contributed by atoms with Gasteiger partial charge in [-0.05, 0) is 51.0 Å². The number of amides is 4. The van der Waals surface area contributed by atoms with Crippen LogP contribution in [0.3, 0.4) is 0 Å². The van der Waals surface area contributed by atoms with Gasteiger partial charge in [0.15, 0.2) is 0 Å². The molecule has 0 radical (unpaired) electrons. The summed E-state index contributed by atoms with van der Waals surface area (Å²) in [6, 6.07) is 6.47. The zero-order chi connectivity index (χ0) is 30.6. The lowest BCUT2D eigenvalue weighted by atomic mass is 9.83. The minimum absolute atomic E-state index is 0.0583. The zero-order valence-corrected chi connectivity index (χ0v) is 25.3. The summed E-state index contributed by atoms with van der Waals surface area (Å²) in [5.74, 6) is -1.44. The highest BCUT2D eigenvalue weighted by molar-refractivity contribution is 6.00. The Labute approximate surface area is 244 Å². The lowest BCUT2D eigenvalue weighted by Crippen LogP contribution is -2.56. The number of ether oxygens (including phenoxy) is 1. The Kier molecular flexibility index (Phi) is 13.7. The van der Waals surface area contributed by atoms with Gasteiger partial charge in [0.25, 0.3) is 0 Å². The van der Waals surface area contributed by atoms with E-state index in [-0.39, 0.29) is 18.8 Å². The Hall–Kier alpha value is -2.98. The monoisotopic (exact) mass is 574 g/mol. The van der Waals surface area contributed by atoms with E-state index >= 15 is 0 Å². The molecular weight excluding hydrogens is 524 g/mol. The largest absolute Gasteiger partial charge is 0.444 e. The van der Waals surface area contributed by atoms with Crippen molar-refractivity contribution in [3.63, 3.8) is 0 Å². The molecule has 10 nitrogen and oxygen atoms in total. The van der Waals surface area contributed by atoms with Crippen molar-refractivity contribution in [3.8, 4) is 0 Å². The summed E-state index contributed by atoms with van der Waals surface area (Å²) in [5.41, 5.74) is 6.22. The van der Waals surface area contributed by atoms with E-state index < -0.39 is 53.6 Å². The van der Waals surface area contributed by atoms with E-state index in [9.17, 15) is 24.3 Å². The van der Waals surface area contributed by atoms with Gasteiger partial charge in [-0.2, -0.15) is 0 Å². The van der Waals surface area contributed by atoms with Crippen molar-refractivity contribution >= 4 is 23.8 Å². The summed E-state index contributed by atoms with van der Waals surface area (Å²) in [4.78, 5) is 51.7. The lowest BCUT2D eigenvalue weighted by Gasteiger charge is -2.27. The molecule has 230 valence electrons. The van der Waals surface area contributed by atoms with Gasteiger partial charge >= 0.3 is 6.09 Å². The summed E-state index contributed by atoms with van der Waals surface area (Å²) in [5, 5.41) is 18.2. The number of carbonyl (C=O) groups is 4. The normalized spacial score (nSPS) is 17.2. The fourth-order valence-electron chi connectivity index (χ4n) is 5.07. The van der Waals surface area contributed by atoms with Crippen LogP contribution in [0.1, 0.15) is 91.5 Å². The van der Waals surface area contributed by atoms with E-state index in [0.29, 0.717) is 18.8 Å². The first kappa shape index (κ1) is 34.2. The molecule has 1 aromatic carbocycles. The Balaban J connectivity index is 2.07. The number of hydrogen-bond donors (Lipinski definition) is 5. The lowest BCUT2D eigenvalue weighted by molar-refractivity contribution is -0.135. The highest BCUT2D eigenvalue weighted by atomic mass is 16.6. The summed E-state index contributed by atoms with van der Waals surface area (Å²) < 4.78 is 5.32. The summed E-state index contributed by atoms with van der Waals surface area (Å²) in [7, 11) is 0. The van der Waals surface area contributed by atoms with Crippen LogP contribution in [-0.2, 0) is 25.5 Å². The molecule has 0 saturated heterocycles. The Morgan fingerprint density at radius 2 is 1.61 bits per heavy atom. The minimum Gasteiger partial charge on any atom is -0.444 e. The van der Waals surface area contributed by atoms with Gasteiger partial charge in [-0.15, -0.1) is 0 Å². The molecule has 2 rings (SSSR count). The Morgan fingerprint density at radius 3 is 2.20 bits per heavy atom. The number of imide groups is 1. The van der Waals surface area contributed by atoms with Crippen molar-refractivity contribution in [1.29, 1.82) is 0 Å². The third kappa shape index (κ3) is 13.5. The highest BCUT2D eigenvalue weighted by Gasteiger charge is 2.31. The summed E-state index contributed by atoms with van der Waals surface area (Å²) in [6.45, 7) is 8.99. The number of nitrogens with one attached hydrogen (secondary N) is 3. The van der Waals surface area contributed by atoms with Crippen LogP contribution in [0.5, 0.6) is 0 Å². The Bertz CT molecular complexity index is 988. The van der Waals surface area contributed by atoms with Crippen LogP contribution >= 0.6 is 0 Å². The predicted octanol–water partition coefficient (Wildman–Crippen LogP) is 3.34. The minimum atomic E-state index is -1.10. The first-order valence-corrected chi connectivity index (χ1v) is 14.8. The van der Waals surface area contributed by atoms with Gasteiger partial charge in [0.2, 0.25) is 17.7 Å². The third-order valence-electron chi connectivity index (χ3n) is 7.11. The maximum atomic E-state index is 13.3. The van der Waals surface area contributed by atoms with Gasteiger partial charge in [0.1, 0.15) is 17.7 Å². The molecule has 1 saturated carbocycles. The predicted molar refractivity (Wildman–Crippen MR) is 158 cm³/mol. The van der Waals surface area contributed by atoms with Crippen molar-refractivity contribution in [1.82, 2.24) is 16.0 Å². The molecule has 2 unspecified atom stereocenters. The van der Waals surface area contributed by atoms with Gasteiger partial charge < -0.3 is 26.2 Å². The van der Waals surface area contributed by atoms with Crippen LogP contribution in [0, 0.1) is 11.8 Å². The second-order valence-electron chi connectivity index (χ2n) is 12.7. The molecule has 0 aliphatic heterocycles. The fourth-order valence-corrected chi connectivity index (χ4v) is 5.07. The number of aliphatic hydroxyl groups excluding tert-OH is 1. The van der Waals surface area contributed by atoms with Crippen LogP contribution in [0.25, 0.3) is 0 Å². The molecular formula is C31H50N4O6. The average molecular weight is 575 g/mol. The van der Waals surface area contributed by atoms with Crippen LogP contribution in [0.2, 0.25) is 0 Å². The molecule has 1 aliphatic carbocycles. The Morgan fingerprint density at radius 1 is 0.976 bits per heavy atom. The molecule has 0 spiro atoms. The number of benzene rings is 1. The van der Waals surface area contributed by atoms with Gasteiger partial charge in [-0.3, -0.25) is 19.7 Å². The van der Waals surface area contributed by atoms with Crippen LogP contribution < -0.4 is 21.7 Å². The fraction of sp³-hybridized carbons (Fsp3) is 0.677. The number of hydrogen-bond acceptors (Lipinski definition) is 7. The van der Waals surface area contributed by atoms with Gasteiger partial charge in [-0.25, -0.2) is 4.79 Å². The topological polar surface area (TPSA) is 160 Å². The quantitative estimate of drug-likeness (QED) is 0.241. The van der Waals surface area contributed by atoms with E-state index in [1.165, 1.54) is 6.42 Å². The SMILES string of the molecule is CC(C)CC(NC(=O)OC(C)(C)C)C(=O)NC(Cc1ccccc1)C(=O)NC(=O)C[C@H](O)[C@@H](N)CC1CCCCC1. The zero-order valence-electron chi connectivity index (χ0n) is 25.3. The van der Waals surface area contributed by atoms with Gasteiger partial charge in [-0.1, -0.05) is 76.3 Å². The molecule has 1 aliphatic rings. The second kappa shape index (κ2) is 16.5. The van der Waals surface area contributed by atoms with E-state index in [1.807, 2.05) is 44.2 Å². The maximum Gasteiger partial charge on any atom is 0.408 e. The van der Waals surface area contributed by atoms with Crippen LogP contribution in [-0.4, -0.2) is 58.8 Å². The first-order valence-electron chi connectivity index (χ1n) is 14.8. The molecule has 4 atom stereocenters. The second-order valence-corrected chi connectivity index (χ2v) is 12.7. The van der Waals surface area contributed by atoms with Crippen LogP contribution in [0.4, 0.5) is 4.79 Å². The first-order chi connectivity index (χ1) is 19.2. The van der Waals surface area contributed by atoms with Gasteiger partial charge in [0, 0.05) is 12.5 Å². The van der Waals surface area contributed by atoms with Crippen molar-refractivity contribution in [2.45, 2.75) is 122 Å². The number of nitrogens with two attached hydrogens (primary N) is 1. The van der Waals surface area contributed by atoms with E-state index in [0.717, 1.165) is 31.2 Å². The molecule has 6 N–H and O–H groups in total. The number of carbonyl (C=O) groups excluding carboxylic acids is 4. The van der Waals surface area contributed by atoms with E-state index in [1.54, 1.807) is 20.8 Å². The molecule has 4 amide bonds. The molecule has 10 heteroatoms. The molecule has 1 fully saturated rings. The maximum absolute atomic E-state index is 13.3. The summed E-state index contributed by atoms with van der Waals surface area (Å²) in [6.07, 6.45) is 4.61. The molecule has 1 aromatic rings. The molecule has 0 aromatic heterocycles. The van der Waals surface area contributed by atoms with E-state index in [4.69, 9.17) is 10.5 Å². The van der Waals surface area contributed by atoms with Gasteiger partial charge in [0.05, 0.1) is 12.5 Å². The molecule has 0 bridgehead atoms. The number of alkyl carbamates (subject to hydrolysis) is 1. The molecule has 41 heavy (non-hydrogen) atoms. The number of aliphatic hydroxyl groups is 1. The smallest absolute Gasteiger partial charge is 0.408 e. The van der Waals surface area contributed by atoms with Crippen molar-refractivity contribution < 1.29 is 29.0 Å². The third-order valence-corrected chi connectivity index (χ3v) is 7.11. The van der Waals surface area contributed by atoms with Crippen molar-refractivity contribution in [2.24, 2.45) is 17.6 Å². The van der Waals surface area contributed by atoms with Crippen molar-refractivity contribution in [2.75, 3.05) is 0 Å². The summed E-state index contributed by atoms with van der Waals surface area (Å²) >= 11 is 0. The average Bonchev–Trinajstić information content (AvgIpc) is 2.87. The van der Waals surface area contributed by atoms with E-state index in [2.05, 4.69) is 16.0 Å². The number of rotatable bonds is 13. The molecule has 0 heterocycles. The van der Waals surface area contributed by atoms with Crippen LogP contribution in [0.15, 0.2) is 30.3 Å². The highest BCUT2D eigenvalue weighted by Crippen LogP contribution is 2.27.